The Morgan fingerprint density at radius 2 is 1.95 bits per heavy atom. The Morgan fingerprint density at radius 1 is 1.18 bits per heavy atom. The second-order valence-corrected chi connectivity index (χ2v) is 11.0. The van der Waals surface area contributed by atoms with Crippen LogP contribution in [0.1, 0.15) is 50.8 Å². The number of hydrogen-bond acceptors (Lipinski definition) is 9. The number of nitrogens with one attached hydrogen (secondary N) is 1. The summed E-state index contributed by atoms with van der Waals surface area (Å²) in [6.45, 7) is 5.36. The fraction of sp³-hybridized carbons (Fsp3) is 0.423. The number of amides is 4. The quantitative estimate of drug-likeness (QED) is 0.361. The van der Waals surface area contributed by atoms with Crippen LogP contribution < -0.4 is 15.1 Å². The van der Waals surface area contributed by atoms with Gasteiger partial charge >= 0.3 is 12.1 Å². The Kier molecular flexibility index (Phi) is 5.85. The van der Waals surface area contributed by atoms with Crippen LogP contribution in [0.5, 0.6) is 0 Å². The molecule has 1 saturated heterocycles. The molecule has 0 spiro atoms. The van der Waals surface area contributed by atoms with Gasteiger partial charge in [0.2, 0.25) is 5.91 Å². The van der Waals surface area contributed by atoms with Crippen molar-refractivity contribution in [1.29, 1.82) is 0 Å². The highest BCUT2D eigenvalue weighted by atomic mass is 16.6. The van der Waals surface area contributed by atoms with Crippen molar-refractivity contribution >= 4 is 46.8 Å². The molecule has 2 aliphatic rings. The third-order valence-corrected chi connectivity index (χ3v) is 6.83. The van der Waals surface area contributed by atoms with E-state index in [0.717, 1.165) is 23.3 Å². The molecule has 2 fully saturated rings. The van der Waals surface area contributed by atoms with Crippen LogP contribution >= 0.6 is 0 Å². The normalized spacial score (nSPS) is 15.9. The third-order valence-electron chi connectivity index (χ3n) is 6.83. The lowest BCUT2D eigenvalue weighted by atomic mass is 10.1. The molecule has 0 aromatic carbocycles. The molecule has 4 amide bonds. The number of nitrogens with zero attached hydrogens (tertiary/aromatic N) is 9. The van der Waals surface area contributed by atoms with Gasteiger partial charge in [-0.15, -0.1) is 0 Å². The number of carbonyl (C=O) groups excluding carboxylic acids is 3. The van der Waals surface area contributed by atoms with Crippen LogP contribution in [0.4, 0.5) is 26.9 Å². The fourth-order valence-corrected chi connectivity index (χ4v) is 4.69. The summed E-state index contributed by atoms with van der Waals surface area (Å²) in [6, 6.07) is 3.23. The molecular weight excluding hydrogens is 516 g/mol. The number of aromatic nitrogens is 6. The molecule has 5 heterocycles. The van der Waals surface area contributed by atoms with Crippen molar-refractivity contribution < 1.29 is 19.1 Å². The van der Waals surface area contributed by atoms with E-state index in [2.05, 4.69) is 20.4 Å². The van der Waals surface area contributed by atoms with Crippen molar-refractivity contribution in [3.63, 3.8) is 0 Å². The number of fused-ring (bicyclic) bond motifs is 2. The Balaban J connectivity index is 1.45. The summed E-state index contributed by atoms with van der Waals surface area (Å²) >= 11 is 0. The van der Waals surface area contributed by atoms with Crippen molar-refractivity contribution in [2.24, 2.45) is 0 Å². The highest BCUT2D eigenvalue weighted by Gasteiger charge is 2.37. The van der Waals surface area contributed by atoms with Crippen LogP contribution in [0.3, 0.4) is 0 Å². The van der Waals surface area contributed by atoms with Gasteiger partial charge in [-0.2, -0.15) is 19.6 Å². The van der Waals surface area contributed by atoms with E-state index in [1.807, 2.05) is 22.9 Å². The molecule has 1 N–H and O–H groups in total. The largest absolute Gasteiger partial charge is 0.443 e. The molecule has 0 unspecified atom stereocenters. The Hall–Kier alpha value is -4.75. The van der Waals surface area contributed by atoms with Crippen LogP contribution in [0.2, 0.25) is 0 Å². The maximum absolute atomic E-state index is 13.6. The first-order valence-electron chi connectivity index (χ1n) is 13.0. The molecule has 4 aromatic rings. The Labute approximate surface area is 229 Å². The number of rotatable bonds is 6. The molecule has 14 heteroatoms. The Bertz CT molecular complexity index is 1670. The summed E-state index contributed by atoms with van der Waals surface area (Å²) < 4.78 is 9.07. The first-order valence-corrected chi connectivity index (χ1v) is 13.0. The van der Waals surface area contributed by atoms with Crippen LogP contribution in [0.25, 0.3) is 11.4 Å². The summed E-state index contributed by atoms with van der Waals surface area (Å²) in [4.78, 5) is 56.2. The van der Waals surface area contributed by atoms with Gasteiger partial charge in [-0.1, -0.05) is 0 Å². The van der Waals surface area contributed by atoms with Crippen LogP contribution in [-0.4, -0.2) is 78.1 Å². The predicted molar refractivity (Wildman–Crippen MR) is 145 cm³/mol. The van der Waals surface area contributed by atoms with Crippen molar-refractivity contribution in [3.8, 4) is 0 Å². The number of anilines is 3. The predicted octanol–water partition coefficient (Wildman–Crippen LogP) is 3.03. The standard InChI is InChI=1S/C26H30N10O4/c1-26(2,3)40-25(39)35(20-9-19(27-4)31-23-28-14-29-36(20)23)12-17-11-33-10-16(15-6-7-15)8-18(22(33)30-17)34-13-21(37)32(5)24(34)38/h8-11,14-15H,6-7,12-13H2,1-5H3,(H,27,28,29,31). The lowest BCUT2D eigenvalue weighted by Gasteiger charge is -2.27. The number of hydrogen-bond donors (Lipinski definition) is 1. The maximum atomic E-state index is 13.6. The van der Waals surface area contributed by atoms with E-state index in [4.69, 9.17) is 9.72 Å². The van der Waals surface area contributed by atoms with Gasteiger partial charge in [0.25, 0.3) is 5.78 Å². The average molecular weight is 547 g/mol. The molecule has 14 nitrogen and oxygen atoms in total. The number of imidazole rings is 1. The molecule has 1 aliphatic heterocycles. The van der Waals surface area contributed by atoms with Gasteiger partial charge in [0.05, 0.1) is 17.9 Å². The highest BCUT2D eigenvalue weighted by molar-refractivity contribution is 6.13. The molecule has 0 radical (unpaired) electrons. The minimum Gasteiger partial charge on any atom is -0.443 e. The van der Waals surface area contributed by atoms with Gasteiger partial charge < -0.3 is 14.5 Å². The monoisotopic (exact) mass is 546 g/mol. The van der Waals surface area contributed by atoms with Gasteiger partial charge in [-0.05, 0) is 51.2 Å². The first-order chi connectivity index (χ1) is 19.0. The van der Waals surface area contributed by atoms with E-state index in [9.17, 15) is 14.4 Å². The topological polar surface area (TPSA) is 143 Å². The number of likely N-dealkylation sites (N-methyl/N-ethyl adjacent to an activating group) is 1. The summed E-state index contributed by atoms with van der Waals surface area (Å²) in [5.41, 5.74) is 1.93. The molecule has 208 valence electrons. The minimum atomic E-state index is -0.754. The van der Waals surface area contributed by atoms with Crippen LogP contribution in [-0.2, 0) is 16.1 Å². The SMILES string of the molecule is CNc1cc(N(Cc2cn3cc(C4CC4)cc(N4CC(=O)N(C)C4=O)c3n2)C(=O)OC(C)(C)C)n2ncnc2n1. The summed E-state index contributed by atoms with van der Waals surface area (Å²) in [7, 11) is 3.20. The van der Waals surface area contributed by atoms with Crippen molar-refractivity contribution in [2.75, 3.05) is 35.8 Å². The number of carbonyl (C=O) groups is 3. The van der Waals surface area contributed by atoms with E-state index >= 15 is 0 Å². The smallest absolute Gasteiger partial charge is 0.416 e. The van der Waals surface area contributed by atoms with E-state index in [1.165, 1.54) is 27.7 Å². The van der Waals surface area contributed by atoms with Gasteiger partial charge in [0.1, 0.15) is 30.1 Å². The second-order valence-electron chi connectivity index (χ2n) is 11.0. The minimum absolute atomic E-state index is 0.0315. The summed E-state index contributed by atoms with van der Waals surface area (Å²) in [6.07, 6.45) is 6.71. The molecule has 6 rings (SSSR count). The third kappa shape index (κ3) is 4.54. The van der Waals surface area contributed by atoms with E-state index in [1.54, 1.807) is 33.9 Å². The lowest BCUT2D eigenvalue weighted by molar-refractivity contribution is -0.123. The highest BCUT2D eigenvalue weighted by Crippen LogP contribution is 2.42. The van der Waals surface area contributed by atoms with Crippen molar-refractivity contribution in [3.05, 3.63) is 42.1 Å². The molecule has 0 bridgehead atoms. The van der Waals surface area contributed by atoms with Gasteiger partial charge in [0.15, 0.2) is 5.65 Å². The van der Waals surface area contributed by atoms with Crippen molar-refractivity contribution in [2.45, 2.75) is 51.7 Å². The zero-order valence-corrected chi connectivity index (χ0v) is 23.0. The van der Waals surface area contributed by atoms with E-state index in [0.29, 0.717) is 40.4 Å². The van der Waals surface area contributed by atoms with Crippen molar-refractivity contribution in [1.82, 2.24) is 33.9 Å². The average Bonchev–Trinajstić information content (AvgIpc) is 3.41. The molecule has 40 heavy (non-hydrogen) atoms. The van der Waals surface area contributed by atoms with Gasteiger partial charge in [-0.25, -0.2) is 14.6 Å². The maximum Gasteiger partial charge on any atom is 0.416 e. The first kappa shape index (κ1) is 25.5. The van der Waals surface area contributed by atoms with Gasteiger partial charge in [-0.3, -0.25) is 19.5 Å². The van der Waals surface area contributed by atoms with Crippen LogP contribution in [0.15, 0.2) is 30.9 Å². The molecular formula is C26H30N10O4. The molecule has 1 saturated carbocycles. The number of ether oxygens (including phenoxy) is 1. The molecule has 0 atom stereocenters. The number of pyridine rings is 1. The van der Waals surface area contributed by atoms with E-state index < -0.39 is 17.7 Å². The molecule has 4 aromatic heterocycles. The van der Waals surface area contributed by atoms with Crippen LogP contribution in [0, 0.1) is 0 Å². The van der Waals surface area contributed by atoms with Gasteiger partial charge in [0, 0.05) is 32.6 Å². The molecule has 1 aliphatic carbocycles. The summed E-state index contributed by atoms with van der Waals surface area (Å²) in [5, 5.41) is 7.25. The second kappa shape index (κ2) is 9.17. The fourth-order valence-electron chi connectivity index (χ4n) is 4.69. The zero-order valence-electron chi connectivity index (χ0n) is 23.0. The summed E-state index contributed by atoms with van der Waals surface area (Å²) in [5.74, 6) is 1.31. The zero-order chi connectivity index (χ0) is 28.3. The number of imide groups is 1. The lowest BCUT2D eigenvalue weighted by Crippen LogP contribution is -2.37. The number of urea groups is 1. The Morgan fingerprint density at radius 3 is 2.60 bits per heavy atom. The van der Waals surface area contributed by atoms with E-state index in [-0.39, 0.29) is 19.0 Å².